The maximum atomic E-state index is 12.1. The smallest absolute Gasteiger partial charge is 0.269 e. The van der Waals surface area contributed by atoms with Gasteiger partial charge in [0.1, 0.15) is 16.4 Å². The largest absolute Gasteiger partial charge is 0.497 e. The number of anilines is 2. The van der Waals surface area contributed by atoms with Gasteiger partial charge in [-0.05, 0) is 23.6 Å². The fraction of sp³-hybridized carbons (Fsp3) is 0.154. The molecule has 5 nitrogen and oxygen atoms in total. The average Bonchev–Trinajstić information content (AvgIpc) is 2.89. The predicted molar refractivity (Wildman–Crippen MR) is 76.2 cm³/mol. The number of ether oxygens (including phenoxy) is 2. The lowest BCUT2D eigenvalue weighted by Gasteiger charge is -2.09. The van der Waals surface area contributed by atoms with Crippen molar-refractivity contribution in [3.8, 4) is 11.5 Å². The molecule has 0 radical (unpaired) electrons. The van der Waals surface area contributed by atoms with Gasteiger partial charge < -0.3 is 20.5 Å². The lowest BCUT2D eigenvalue weighted by atomic mass is 10.2. The molecule has 100 valence electrons. The number of nitrogens with two attached hydrogens (primary N) is 1. The van der Waals surface area contributed by atoms with Crippen molar-refractivity contribution in [3.05, 3.63) is 34.5 Å². The van der Waals surface area contributed by atoms with Crippen molar-refractivity contribution in [3.63, 3.8) is 0 Å². The van der Waals surface area contributed by atoms with Gasteiger partial charge in [0, 0.05) is 6.07 Å². The maximum Gasteiger partial charge on any atom is 0.269 e. The van der Waals surface area contributed by atoms with Crippen LogP contribution in [0.25, 0.3) is 0 Å². The van der Waals surface area contributed by atoms with E-state index in [-0.39, 0.29) is 5.91 Å². The van der Waals surface area contributed by atoms with Gasteiger partial charge in [0.15, 0.2) is 0 Å². The molecule has 1 aromatic carbocycles. The van der Waals surface area contributed by atoms with Crippen LogP contribution in [0.2, 0.25) is 0 Å². The number of nitrogens with one attached hydrogen (secondary N) is 1. The number of rotatable bonds is 4. The maximum absolute atomic E-state index is 12.1. The predicted octanol–water partition coefficient (Wildman–Crippen LogP) is 2.60. The monoisotopic (exact) mass is 278 g/mol. The van der Waals surface area contributed by atoms with E-state index >= 15 is 0 Å². The summed E-state index contributed by atoms with van der Waals surface area (Å²) in [6.45, 7) is 0. The molecule has 0 spiro atoms. The third-order valence-electron chi connectivity index (χ3n) is 2.56. The second-order valence-corrected chi connectivity index (χ2v) is 4.64. The van der Waals surface area contributed by atoms with Crippen LogP contribution in [0.15, 0.2) is 29.6 Å². The Hall–Kier alpha value is -2.21. The van der Waals surface area contributed by atoms with E-state index in [0.29, 0.717) is 27.8 Å². The van der Waals surface area contributed by atoms with Crippen LogP contribution in [0.5, 0.6) is 11.5 Å². The topological polar surface area (TPSA) is 73.6 Å². The Kier molecular flexibility index (Phi) is 3.91. The molecule has 0 atom stereocenters. The summed E-state index contributed by atoms with van der Waals surface area (Å²) in [4.78, 5) is 12.6. The zero-order valence-electron chi connectivity index (χ0n) is 10.6. The van der Waals surface area contributed by atoms with Gasteiger partial charge >= 0.3 is 0 Å². The van der Waals surface area contributed by atoms with E-state index in [1.165, 1.54) is 18.4 Å². The number of carbonyl (C=O) groups excluding carboxylic acids is 1. The van der Waals surface area contributed by atoms with Gasteiger partial charge in [0.2, 0.25) is 0 Å². The van der Waals surface area contributed by atoms with Crippen molar-refractivity contribution in [2.24, 2.45) is 0 Å². The molecule has 1 aromatic heterocycles. The summed E-state index contributed by atoms with van der Waals surface area (Å²) in [5, 5.41) is 4.55. The zero-order valence-corrected chi connectivity index (χ0v) is 11.4. The molecule has 3 N–H and O–H groups in total. The fourth-order valence-electron chi connectivity index (χ4n) is 1.58. The average molecular weight is 278 g/mol. The van der Waals surface area contributed by atoms with Crippen LogP contribution in [-0.4, -0.2) is 20.1 Å². The van der Waals surface area contributed by atoms with Crippen LogP contribution >= 0.6 is 11.3 Å². The molecule has 0 saturated heterocycles. The van der Waals surface area contributed by atoms with Crippen molar-refractivity contribution in [2.45, 2.75) is 0 Å². The highest BCUT2D eigenvalue weighted by molar-refractivity contribution is 7.12. The van der Waals surface area contributed by atoms with E-state index in [1.54, 1.807) is 36.8 Å². The van der Waals surface area contributed by atoms with E-state index in [9.17, 15) is 4.79 Å². The van der Waals surface area contributed by atoms with Crippen LogP contribution < -0.4 is 20.5 Å². The highest BCUT2D eigenvalue weighted by Gasteiger charge is 2.15. The molecule has 19 heavy (non-hydrogen) atoms. The molecule has 0 aliphatic rings. The Morgan fingerprint density at radius 2 is 2.05 bits per heavy atom. The number of benzene rings is 1. The summed E-state index contributed by atoms with van der Waals surface area (Å²) < 4.78 is 10.2. The minimum absolute atomic E-state index is 0.247. The quantitative estimate of drug-likeness (QED) is 0.843. The molecule has 0 unspecified atom stereocenters. The zero-order chi connectivity index (χ0) is 13.8. The highest BCUT2D eigenvalue weighted by atomic mass is 32.1. The Morgan fingerprint density at radius 3 is 2.68 bits per heavy atom. The summed E-state index contributed by atoms with van der Waals surface area (Å²) >= 11 is 1.31. The first-order valence-corrected chi connectivity index (χ1v) is 6.40. The standard InChI is InChI=1S/C13H14N2O3S/c1-17-8-3-4-10(9(14)7-8)15-13(16)12-11(18-2)5-6-19-12/h3-7H,14H2,1-2H3,(H,15,16). The van der Waals surface area contributed by atoms with E-state index in [4.69, 9.17) is 15.2 Å². The summed E-state index contributed by atoms with van der Waals surface area (Å²) in [6, 6.07) is 6.84. The summed E-state index contributed by atoms with van der Waals surface area (Å²) in [7, 11) is 3.09. The van der Waals surface area contributed by atoms with Gasteiger partial charge in [0.05, 0.1) is 25.6 Å². The van der Waals surface area contributed by atoms with Crippen molar-refractivity contribution in [1.29, 1.82) is 0 Å². The Morgan fingerprint density at radius 1 is 1.26 bits per heavy atom. The first kappa shape index (κ1) is 13.2. The Balaban J connectivity index is 2.19. The number of thiophene rings is 1. The van der Waals surface area contributed by atoms with Crippen LogP contribution in [-0.2, 0) is 0 Å². The molecule has 0 fully saturated rings. The summed E-state index contributed by atoms with van der Waals surface area (Å²) in [5.41, 5.74) is 6.84. The number of carbonyl (C=O) groups is 1. The van der Waals surface area contributed by atoms with Gasteiger partial charge in [-0.1, -0.05) is 0 Å². The molecule has 2 aromatic rings. The minimum Gasteiger partial charge on any atom is -0.497 e. The third-order valence-corrected chi connectivity index (χ3v) is 3.46. The van der Waals surface area contributed by atoms with E-state index in [1.807, 2.05) is 0 Å². The van der Waals surface area contributed by atoms with Crippen molar-refractivity contribution >= 4 is 28.6 Å². The summed E-state index contributed by atoms with van der Waals surface area (Å²) in [6.07, 6.45) is 0. The van der Waals surface area contributed by atoms with Crippen LogP contribution in [0.1, 0.15) is 9.67 Å². The SMILES string of the molecule is COc1ccc(NC(=O)c2sccc2OC)c(N)c1. The number of amides is 1. The molecular formula is C13H14N2O3S. The van der Waals surface area contributed by atoms with E-state index < -0.39 is 0 Å². The number of hydrogen-bond acceptors (Lipinski definition) is 5. The molecule has 6 heteroatoms. The van der Waals surface area contributed by atoms with Gasteiger partial charge in [-0.2, -0.15) is 0 Å². The van der Waals surface area contributed by atoms with E-state index in [0.717, 1.165) is 0 Å². The molecule has 1 amide bonds. The van der Waals surface area contributed by atoms with Gasteiger partial charge in [-0.15, -0.1) is 11.3 Å². The molecule has 0 aliphatic heterocycles. The lowest BCUT2D eigenvalue weighted by molar-refractivity contribution is 0.102. The number of methoxy groups -OCH3 is 2. The van der Waals surface area contributed by atoms with Crippen molar-refractivity contribution < 1.29 is 14.3 Å². The van der Waals surface area contributed by atoms with E-state index in [2.05, 4.69) is 5.32 Å². The molecule has 0 saturated carbocycles. The highest BCUT2D eigenvalue weighted by Crippen LogP contribution is 2.28. The van der Waals surface area contributed by atoms with Crippen molar-refractivity contribution in [1.82, 2.24) is 0 Å². The third kappa shape index (κ3) is 2.79. The second kappa shape index (κ2) is 5.62. The molecule has 1 heterocycles. The van der Waals surface area contributed by atoms with Crippen LogP contribution in [0, 0.1) is 0 Å². The molecule has 0 aliphatic carbocycles. The first-order valence-electron chi connectivity index (χ1n) is 5.52. The number of hydrogen-bond donors (Lipinski definition) is 2. The Labute approximate surface area is 115 Å². The van der Waals surface area contributed by atoms with Gasteiger partial charge in [0.25, 0.3) is 5.91 Å². The second-order valence-electron chi connectivity index (χ2n) is 3.73. The first-order chi connectivity index (χ1) is 9.15. The lowest BCUT2D eigenvalue weighted by Crippen LogP contribution is -2.12. The Bertz CT molecular complexity index is 595. The van der Waals surface area contributed by atoms with Crippen LogP contribution in [0.4, 0.5) is 11.4 Å². The molecular weight excluding hydrogens is 264 g/mol. The fourth-order valence-corrected chi connectivity index (χ4v) is 2.34. The number of nitrogen functional groups attached to an aromatic ring is 1. The summed E-state index contributed by atoms with van der Waals surface area (Å²) in [5.74, 6) is 0.947. The minimum atomic E-state index is -0.247. The molecule has 0 bridgehead atoms. The van der Waals surface area contributed by atoms with Crippen LogP contribution in [0.3, 0.4) is 0 Å². The van der Waals surface area contributed by atoms with Crippen molar-refractivity contribution in [2.75, 3.05) is 25.3 Å². The normalized spacial score (nSPS) is 10.0. The van der Waals surface area contributed by atoms with Gasteiger partial charge in [-0.25, -0.2) is 0 Å². The molecule has 2 rings (SSSR count). The van der Waals surface area contributed by atoms with Gasteiger partial charge in [-0.3, -0.25) is 4.79 Å².